The summed E-state index contributed by atoms with van der Waals surface area (Å²) in [4.78, 5) is 0.340. The van der Waals surface area contributed by atoms with Crippen LogP contribution in [0.4, 0.5) is 0 Å². The molecule has 1 aromatic rings. The van der Waals surface area contributed by atoms with Gasteiger partial charge < -0.3 is 5.73 Å². The third kappa shape index (κ3) is 4.28. The molecule has 0 aliphatic carbocycles. The van der Waals surface area contributed by atoms with Gasteiger partial charge in [-0.1, -0.05) is 29.8 Å². The van der Waals surface area contributed by atoms with E-state index >= 15 is 0 Å². The Labute approximate surface area is 136 Å². The SMILES string of the molecule is Cc1c(Br)cc(CN)cc1S(=O)(=O)N(CC(C)C)C(C)C. The quantitative estimate of drug-likeness (QED) is 0.828. The smallest absolute Gasteiger partial charge is 0.243 e. The Kier molecular flexibility index (Phi) is 6.40. The van der Waals surface area contributed by atoms with Gasteiger partial charge in [-0.2, -0.15) is 4.31 Å². The maximum absolute atomic E-state index is 13.0. The summed E-state index contributed by atoms with van der Waals surface area (Å²) in [6.45, 7) is 10.5. The minimum Gasteiger partial charge on any atom is -0.326 e. The Morgan fingerprint density at radius 2 is 1.81 bits per heavy atom. The topological polar surface area (TPSA) is 63.4 Å². The Morgan fingerprint density at radius 1 is 1.24 bits per heavy atom. The van der Waals surface area contributed by atoms with E-state index in [0.29, 0.717) is 18.0 Å². The zero-order valence-electron chi connectivity index (χ0n) is 13.4. The summed E-state index contributed by atoms with van der Waals surface area (Å²) in [7, 11) is -3.53. The molecule has 0 aromatic heterocycles. The van der Waals surface area contributed by atoms with E-state index < -0.39 is 10.0 Å². The van der Waals surface area contributed by atoms with E-state index in [1.54, 1.807) is 10.4 Å². The molecular formula is C15H25BrN2O2S. The lowest BCUT2D eigenvalue weighted by Gasteiger charge is -2.28. The van der Waals surface area contributed by atoms with Gasteiger partial charge in [0, 0.05) is 23.6 Å². The minimum atomic E-state index is -3.53. The number of rotatable bonds is 6. The lowest BCUT2D eigenvalue weighted by atomic mass is 10.1. The second kappa shape index (κ2) is 7.22. The highest BCUT2D eigenvalue weighted by Gasteiger charge is 2.29. The van der Waals surface area contributed by atoms with Crippen LogP contribution in [-0.4, -0.2) is 25.3 Å². The maximum atomic E-state index is 13.0. The second-order valence-corrected chi connectivity index (χ2v) is 8.68. The number of nitrogens with zero attached hydrogens (tertiary/aromatic N) is 1. The third-order valence-electron chi connectivity index (χ3n) is 3.30. The fraction of sp³-hybridized carbons (Fsp3) is 0.600. The van der Waals surface area contributed by atoms with E-state index in [1.807, 2.05) is 40.7 Å². The normalized spacial score (nSPS) is 12.7. The number of hydrogen-bond acceptors (Lipinski definition) is 3. The molecule has 1 rings (SSSR count). The van der Waals surface area contributed by atoms with E-state index in [9.17, 15) is 8.42 Å². The highest BCUT2D eigenvalue weighted by Crippen LogP contribution is 2.29. The molecule has 2 N–H and O–H groups in total. The molecule has 0 aliphatic rings. The van der Waals surface area contributed by atoms with Gasteiger partial charge in [0.25, 0.3) is 0 Å². The summed E-state index contributed by atoms with van der Waals surface area (Å²) < 4.78 is 28.4. The third-order valence-corrected chi connectivity index (χ3v) is 6.29. The van der Waals surface area contributed by atoms with Crippen LogP contribution in [0.3, 0.4) is 0 Å². The van der Waals surface area contributed by atoms with Gasteiger partial charge in [0.2, 0.25) is 10.0 Å². The van der Waals surface area contributed by atoms with E-state index in [1.165, 1.54) is 0 Å². The molecule has 0 radical (unpaired) electrons. The van der Waals surface area contributed by atoms with Crippen molar-refractivity contribution in [3.63, 3.8) is 0 Å². The summed E-state index contributed by atoms with van der Waals surface area (Å²) in [6, 6.07) is 3.47. The Balaban J connectivity index is 3.44. The van der Waals surface area contributed by atoms with Crippen LogP contribution in [0, 0.1) is 12.8 Å². The molecule has 0 saturated carbocycles. The van der Waals surface area contributed by atoms with E-state index in [-0.39, 0.29) is 12.0 Å². The summed E-state index contributed by atoms with van der Waals surface area (Å²) in [5, 5.41) is 0. The first-order valence-electron chi connectivity index (χ1n) is 7.12. The van der Waals surface area contributed by atoms with Crippen molar-refractivity contribution < 1.29 is 8.42 Å². The molecular weight excluding hydrogens is 352 g/mol. The van der Waals surface area contributed by atoms with Gasteiger partial charge in [0.15, 0.2) is 0 Å². The Bertz CT molecular complexity index is 598. The first-order valence-corrected chi connectivity index (χ1v) is 9.35. The summed E-state index contributed by atoms with van der Waals surface area (Å²) >= 11 is 3.43. The second-order valence-electron chi connectivity index (χ2n) is 5.97. The van der Waals surface area contributed by atoms with Gasteiger partial charge in [-0.15, -0.1) is 0 Å². The number of hydrogen-bond donors (Lipinski definition) is 1. The fourth-order valence-corrected chi connectivity index (χ4v) is 4.90. The molecule has 0 amide bonds. The maximum Gasteiger partial charge on any atom is 0.243 e. The lowest BCUT2D eigenvalue weighted by molar-refractivity contribution is 0.318. The molecule has 0 heterocycles. The van der Waals surface area contributed by atoms with Crippen molar-refractivity contribution in [2.24, 2.45) is 11.7 Å². The van der Waals surface area contributed by atoms with Gasteiger partial charge in [-0.3, -0.25) is 0 Å². The molecule has 1 aromatic carbocycles. The number of benzene rings is 1. The zero-order valence-corrected chi connectivity index (χ0v) is 15.8. The number of nitrogens with two attached hydrogens (primary N) is 1. The summed E-state index contributed by atoms with van der Waals surface area (Å²) in [5.41, 5.74) is 7.20. The molecule has 4 nitrogen and oxygen atoms in total. The van der Waals surface area contributed by atoms with Crippen LogP contribution in [0.1, 0.15) is 38.8 Å². The van der Waals surface area contributed by atoms with Crippen LogP contribution in [0.5, 0.6) is 0 Å². The van der Waals surface area contributed by atoms with E-state index in [2.05, 4.69) is 15.9 Å². The molecule has 6 heteroatoms. The summed E-state index contributed by atoms with van der Waals surface area (Å²) in [6.07, 6.45) is 0. The first-order chi connectivity index (χ1) is 9.61. The fourth-order valence-electron chi connectivity index (χ4n) is 2.17. The monoisotopic (exact) mass is 376 g/mol. The van der Waals surface area contributed by atoms with Crippen LogP contribution < -0.4 is 5.73 Å². The van der Waals surface area contributed by atoms with Crippen molar-refractivity contribution in [2.75, 3.05) is 6.54 Å². The van der Waals surface area contributed by atoms with Crippen LogP contribution >= 0.6 is 15.9 Å². The standard InChI is InChI=1S/C15H25BrN2O2S/c1-10(2)9-18(11(3)4)21(19,20)15-7-13(8-17)6-14(16)12(15)5/h6-7,10-11H,8-9,17H2,1-5H3. The van der Waals surface area contributed by atoms with Crippen molar-refractivity contribution >= 4 is 26.0 Å². The van der Waals surface area contributed by atoms with Crippen molar-refractivity contribution in [2.45, 2.75) is 52.1 Å². The van der Waals surface area contributed by atoms with E-state index in [0.717, 1.165) is 15.6 Å². The largest absolute Gasteiger partial charge is 0.326 e. The van der Waals surface area contributed by atoms with Crippen LogP contribution in [0.15, 0.2) is 21.5 Å². The highest BCUT2D eigenvalue weighted by atomic mass is 79.9. The predicted molar refractivity (Wildman–Crippen MR) is 90.6 cm³/mol. The van der Waals surface area contributed by atoms with Gasteiger partial charge >= 0.3 is 0 Å². The van der Waals surface area contributed by atoms with Gasteiger partial charge in [0.1, 0.15) is 0 Å². The molecule has 0 fully saturated rings. The molecule has 21 heavy (non-hydrogen) atoms. The van der Waals surface area contributed by atoms with Crippen LogP contribution in [-0.2, 0) is 16.6 Å². The molecule has 0 aliphatic heterocycles. The molecule has 120 valence electrons. The van der Waals surface area contributed by atoms with Gasteiger partial charge in [0.05, 0.1) is 4.90 Å². The zero-order chi connectivity index (χ0) is 16.4. The van der Waals surface area contributed by atoms with Crippen LogP contribution in [0.25, 0.3) is 0 Å². The first kappa shape index (κ1) is 18.6. The minimum absolute atomic E-state index is 0.0860. The van der Waals surface area contributed by atoms with Gasteiger partial charge in [-0.25, -0.2) is 8.42 Å². The van der Waals surface area contributed by atoms with Crippen molar-refractivity contribution in [1.29, 1.82) is 0 Å². The Hall–Kier alpha value is -0.430. The number of sulfonamides is 1. The Morgan fingerprint density at radius 3 is 2.24 bits per heavy atom. The summed E-state index contributed by atoms with van der Waals surface area (Å²) in [5.74, 6) is 0.267. The van der Waals surface area contributed by atoms with Crippen molar-refractivity contribution in [3.05, 3.63) is 27.7 Å². The number of halogens is 1. The molecule has 0 saturated heterocycles. The predicted octanol–water partition coefficient (Wildman–Crippen LogP) is 3.27. The van der Waals surface area contributed by atoms with Gasteiger partial charge in [-0.05, 0) is 49.9 Å². The molecule has 0 spiro atoms. The lowest BCUT2D eigenvalue weighted by Crippen LogP contribution is -2.39. The molecule has 0 bridgehead atoms. The van der Waals surface area contributed by atoms with Crippen molar-refractivity contribution in [3.8, 4) is 0 Å². The average Bonchev–Trinajstić information content (AvgIpc) is 2.38. The average molecular weight is 377 g/mol. The van der Waals surface area contributed by atoms with Crippen molar-refractivity contribution in [1.82, 2.24) is 4.31 Å². The highest BCUT2D eigenvalue weighted by molar-refractivity contribution is 9.10. The van der Waals surface area contributed by atoms with E-state index in [4.69, 9.17) is 5.73 Å². The van der Waals surface area contributed by atoms with Crippen LogP contribution in [0.2, 0.25) is 0 Å². The molecule has 0 unspecified atom stereocenters. The molecule has 0 atom stereocenters.